The molecule has 0 spiro atoms. The summed E-state index contributed by atoms with van der Waals surface area (Å²) in [6, 6.07) is 3.01. The number of amides is 1. The van der Waals surface area contributed by atoms with Crippen molar-refractivity contribution in [2.75, 3.05) is 7.05 Å². The molecule has 0 N–H and O–H groups in total. The lowest BCUT2D eigenvalue weighted by molar-refractivity contribution is 0.0614. The highest BCUT2D eigenvalue weighted by atomic mass is 19.1. The molecule has 1 aromatic rings. The molecule has 0 radical (unpaired) electrons. The minimum Gasteiger partial charge on any atom is -0.336 e. The Morgan fingerprint density at radius 2 is 2.19 bits per heavy atom. The van der Waals surface area contributed by atoms with E-state index < -0.39 is 5.95 Å². The first-order valence-electron chi connectivity index (χ1n) is 5.29. The summed E-state index contributed by atoms with van der Waals surface area (Å²) in [5.41, 5.74) is -0.272. The number of aromatic nitrogens is 1. The number of rotatable bonds is 3. The van der Waals surface area contributed by atoms with Gasteiger partial charge in [-0.1, -0.05) is 6.92 Å². The third-order valence-electron chi connectivity index (χ3n) is 3.07. The fourth-order valence-electron chi connectivity index (χ4n) is 1.24. The van der Waals surface area contributed by atoms with Crippen molar-refractivity contribution in [3.05, 3.63) is 29.8 Å². The minimum atomic E-state index is -0.716. The van der Waals surface area contributed by atoms with Crippen LogP contribution in [0.3, 0.4) is 0 Å². The Kier molecular flexibility index (Phi) is 3.62. The quantitative estimate of drug-likeness (QED) is 0.739. The molecule has 0 fully saturated rings. The largest absolute Gasteiger partial charge is 0.336 e. The molecule has 1 rings (SSSR count). The number of halogens is 1. The van der Waals surface area contributed by atoms with E-state index in [1.54, 1.807) is 18.0 Å². The molecule has 16 heavy (non-hydrogen) atoms. The van der Waals surface area contributed by atoms with Crippen molar-refractivity contribution in [3.8, 4) is 0 Å². The lowest BCUT2D eigenvalue weighted by Crippen LogP contribution is -2.44. The summed E-state index contributed by atoms with van der Waals surface area (Å²) in [5.74, 6) is -1.05. The molecule has 1 heterocycles. The molecule has 0 aliphatic rings. The second kappa shape index (κ2) is 4.60. The molecule has 0 unspecified atom stereocenters. The first kappa shape index (κ1) is 12.6. The summed E-state index contributed by atoms with van der Waals surface area (Å²) >= 11 is 0. The third-order valence-corrected chi connectivity index (χ3v) is 3.07. The Balaban J connectivity index is 3.00. The molecule has 0 aromatic carbocycles. The van der Waals surface area contributed by atoms with Gasteiger partial charge in [0.15, 0.2) is 0 Å². The summed E-state index contributed by atoms with van der Waals surface area (Å²) in [7, 11) is 1.68. The van der Waals surface area contributed by atoms with Gasteiger partial charge in [-0.05, 0) is 32.4 Å². The second-order valence-electron chi connectivity index (χ2n) is 4.37. The predicted octanol–water partition coefficient (Wildman–Crippen LogP) is 2.48. The van der Waals surface area contributed by atoms with Gasteiger partial charge in [0.05, 0.1) is 5.56 Å². The molecule has 0 aliphatic carbocycles. The van der Waals surface area contributed by atoms with E-state index in [4.69, 9.17) is 0 Å². The Labute approximate surface area is 95.3 Å². The number of carbonyl (C=O) groups excluding carboxylic acids is 1. The maximum absolute atomic E-state index is 13.3. The van der Waals surface area contributed by atoms with Crippen LogP contribution < -0.4 is 0 Å². The average Bonchev–Trinajstić information content (AvgIpc) is 2.27. The van der Waals surface area contributed by atoms with E-state index in [1.165, 1.54) is 12.3 Å². The van der Waals surface area contributed by atoms with Crippen LogP contribution in [0.15, 0.2) is 18.3 Å². The van der Waals surface area contributed by atoms with Gasteiger partial charge < -0.3 is 4.90 Å². The lowest BCUT2D eigenvalue weighted by Gasteiger charge is -2.34. The van der Waals surface area contributed by atoms with E-state index in [9.17, 15) is 9.18 Å². The molecule has 1 aromatic heterocycles. The topological polar surface area (TPSA) is 33.2 Å². The number of nitrogens with zero attached hydrogens (tertiary/aromatic N) is 2. The molecule has 0 bridgehead atoms. The molecular formula is C12H17FN2O. The Bertz CT molecular complexity index is 390. The van der Waals surface area contributed by atoms with Crippen molar-refractivity contribution in [2.24, 2.45) is 0 Å². The molecule has 0 saturated carbocycles. The van der Waals surface area contributed by atoms with Gasteiger partial charge in [-0.3, -0.25) is 4.79 Å². The predicted molar refractivity (Wildman–Crippen MR) is 60.7 cm³/mol. The molecule has 3 nitrogen and oxygen atoms in total. The lowest BCUT2D eigenvalue weighted by atomic mass is 9.99. The molecule has 4 heteroatoms. The standard InChI is InChI=1S/C12H17FN2O/c1-5-12(2,3)15(4)11(16)9-7-6-8-14-10(9)13/h6-8H,5H2,1-4H3. The van der Waals surface area contributed by atoms with E-state index in [-0.39, 0.29) is 17.0 Å². The van der Waals surface area contributed by atoms with Crippen LogP contribution in [0.1, 0.15) is 37.6 Å². The van der Waals surface area contributed by atoms with Crippen LogP contribution in [0.5, 0.6) is 0 Å². The number of hydrogen-bond donors (Lipinski definition) is 0. The summed E-state index contributed by atoms with van der Waals surface area (Å²) in [6.07, 6.45) is 2.13. The van der Waals surface area contributed by atoms with Crippen LogP contribution in [0, 0.1) is 5.95 Å². The van der Waals surface area contributed by atoms with Gasteiger partial charge in [-0.2, -0.15) is 4.39 Å². The van der Waals surface area contributed by atoms with Crippen LogP contribution in [0.25, 0.3) is 0 Å². The summed E-state index contributed by atoms with van der Waals surface area (Å²) in [6.45, 7) is 5.88. The van der Waals surface area contributed by atoms with Gasteiger partial charge in [-0.15, -0.1) is 0 Å². The second-order valence-corrected chi connectivity index (χ2v) is 4.37. The third kappa shape index (κ3) is 2.38. The highest BCUT2D eigenvalue weighted by Crippen LogP contribution is 2.19. The molecule has 0 aliphatic heterocycles. The SMILES string of the molecule is CCC(C)(C)N(C)C(=O)c1cccnc1F. The molecule has 1 amide bonds. The minimum absolute atomic E-state index is 0.0199. The van der Waals surface area contributed by atoms with Crippen molar-refractivity contribution < 1.29 is 9.18 Å². The van der Waals surface area contributed by atoms with Crippen LogP contribution in [-0.2, 0) is 0 Å². The van der Waals surface area contributed by atoms with Gasteiger partial charge in [0.25, 0.3) is 5.91 Å². The van der Waals surface area contributed by atoms with Crippen molar-refractivity contribution in [1.29, 1.82) is 0 Å². The fraction of sp³-hybridized carbons (Fsp3) is 0.500. The Hall–Kier alpha value is -1.45. The van der Waals surface area contributed by atoms with Crippen LogP contribution in [-0.4, -0.2) is 28.4 Å². The van der Waals surface area contributed by atoms with Crippen molar-refractivity contribution >= 4 is 5.91 Å². The highest BCUT2D eigenvalue weighted by molar-refractivity contribution is 5.94. The molecular weight excluding hydrogens is 207 g/mol. The zero-order valence-corrected chi connectivity index (χ0v) is 10.1. The number of hydrogen-bond acceptors (Lipinski definition) is 2. The highest BCUT2D eigenvalue weighted by Gasteiger charge is 2.28. The zero-order valence-electron chi connectivity index (χ0n) is 10.1. The maximum Gasteiger partial charge on any atom is 0.258 e. The van der Waals surface area contributed by atoms with Crippen LogP contribution in [0.4, 0.5) is 4.39 Å². The van der Waals surface area contributed by atoms with E-state index in [2.05, 4.69) is 4.98 Å². The smallest absolute Gasteiger partial charge is 0.258 e. The average molecular weight is 224 g/mol. The van der Waals surface area contributed by atoms with Gasteiger partial charge in [-0.25, -0.2) is 4.98 Å². The van der Waals surface area contributed by atoms with Gasteiger partial charge in [0.1, 0.15) is 0 Å². The van der Waals surface area contributed by atoms with Crippen LogP contribution >= 0.6 is 0 Å². The van der Waals surface area contributed by atoms with E-state index in [1.807, 2.05) is 20.8 Å². The van der Waals surface area contributed by atoms with Crippen LogP contribution in [0.2, 0.25) is 0 Å². The van der Waals surface area contributed by atoms with E-state index in [0.717, 1.165) is 6.42 Å². The Morgan fingerprint density at radius 3 is 2.69 bits per heavy atom. The summed E-state index contributed by atoms with van der Waals surface area (Å²) in [4.78, 5) is 17.0. The van der Waals surface area contributed by atoms with Crippen molar-refractivity contribution in [2.45, 2.75) is 32.7 Å². The molecule has 0 saturated heterocycles. The van der Waals surface area contributed by atoms with E-state index in [0.29, 0.717) is 0 Å². The first-order chi connectivity index (χ1) is 7.40. The summed E-state index contributed by atoms with van der Waals surface area (Å²) < 4.78 is 13.3. The van der Waals surface area contributed by atoms with E-state index >= 15 is 0 Å². The molecule has 88 valence electrons. The molecule has 0 atom stereocenters. The summed E-state index contributed by atoms with van der Waals surface area (Å²) in [5, 5.41) is 0. The number of pyridine rings is 1. The van der Waals surface area contributed by atoms with Gasteiger partial charge >= 0.3 is 0 Å². The number of carbonyl (C=O) groups is 1. The zero-order chi connectivity index (χ0) is 12.3. The first-order valence-corrected chi connectivity index (χ1v) is 5.29. The van der Waals surface area contributed by atoms with Gasteiger partial charge in [0.2, 0.25) is 5.95 Å². The van der Waals surface area contributed by atoms with Crippen molar-refractivity contribution in [1.82, 2.24) is 9.88 Å². The van der Waals surface area contributed by atoms with Gasteiger partial charge in [0, 0.05) is 18.8 Å². The normalized spacial score (nSPS) is 11.3. The maximum atomic E-state index is 13.3. The Morgan fingerprint density at radius 1 is 1.56 bits per heavy atom. The fourth-order valence-corrected chi connectivity index (χ4v) is 1.24. The monoisotopic (exact) mass is 224 g/mol. The van der Waals surface area contributed by atoms with Crippen molar-refractivity contribution in [3.63, 3.8) is 0 Å².